The van der Waals surface area contributed by atoms with Gasteiger partial charge in [0, 0.05) is 25.6 Å². The van der Waals surface area contributed by atoms with E-state index in [9.17, 15) is 9.90 Å². The highest BCUT2D eigenvalue weighted by Crippen LogP contribution is 2.42. The Morgan fingerprint density at radius 1 is 1.33 bits per heavy atom. The molecule has 3 N–H and O–H groups in total. The van der Waals surface area contributed by atoms with E-state index >= 15 is 0 Å². The van der Waals surface area contributed by atoms with E-state index in [0.29, 0.717) is 24.1 Å². The number of benzene rings is 1. The number of hydrogen-bond donors (Lipinski definition) is 2. The Morgan fingerprint density at radius 2 is 2.00 bits per heavy atom. The van der Waals surface area contributed by atoms with Gasteiger partial charge in [0.2, 0.25) is 5.91 Å². The lowest BCUT2D eigenvalue weighted by atomic mass is 9.65. The van der Waals surface area contributed by atoms with Gasteiger partial charge in [0.25, 0.3) is 0 Å². The van der Waals surface area contributed by atoms with Gasteiger partial charge in [0.15, 0.2) is 11.5 Å². The summed E-state index contributed by atoms with van der Waals surface area (Å²) in [6.07, 6.45) is 5.43. The molecule has 2 saturated carbocycles. The zero-order chi connectivity index (χ0) is 17.3. The minimum Gasteiger partial charge on any atom is -0.504 e. The molecule has 3 rings (SSSR count). The molecular weight excluding hydrogens is 304 g/mol. The van der Waals surface area contributed by atoms with Gasteiger partial charge < -0.3 is 20.5 Å². The van der Waals surface area contributed by atoms with Gasteiger partial charge in [-0.3, -0.25) is 4.79 Å². The third-order valence-electron chi connectivity index (χ3n) is 5.80. The van der Waals surface area contributed by atoms with Gasteiger partial charge >= 0.3 is 0 Å². The first-order valence-corrected chi connectivity index (χ1v) is 8.86. The van der Waals surface area contributed by atoms with Crippen molar-refractivity contribution in [3.8, 4) is 11.5 Å². The van der Waals surface area contributed by atoms with E-state index in [4.69, 9.17) is 10.5 Å². The van der Waals surface area contributed by atoms with Crippen LogP contribution in [0.1, 0.15) is 37.7 Å². The topological polar surface area (TPSA) is 75.8 Å². The molecule has 0 saturated heterocycles. The average Bonchev–Trinajstić information content (AvgIpc) is 2.54. The number of carbonyl (C=O) groups excluding carboxylic acids is 1. The van der Waals surface area contributed by atoms with Crippen molar-refractivity contribution in [1.82, 2.24) is 4.90 Å². The van der Waals surface area contributed by atoms with Gasteiger partial charge in [0.05, 0.1) is 7.11 Å². The molecule has 1 amide bonds. The summed E-state index contributed by atoms with van der Waals surface area (Å²) in [5.41, 5.74) is 7.23. The second kappa shape index (κ2) is 7.01. The van der Waals surface area contributed by atoms with E-state index in [0.717, 1.165) is 31.2 Å². The maximum absolute atomic E-state index is 12.8. The zero-order valence-corrected chi connectivity index (χ0v) is 14.6. The molecule has 5 nitrogen and oxygen atoms in total. The average molecular weight is 332 g/mol. The van der Waals surface area contributed by atoms with Crippen LogP contribution in [0.25, 0.3) is 0 Å². The second-order valence-corrected chi connectivity index (χ2v) is 7.40. The summed E-state index contributed by atoms with van der Waals surface area (Å²) in [5.74, 6) is 1.86. The number of methoxy groups -OCH3 is 1. The van der Waals surface area contributed by atoms with Crippen molar-refractivity contribution in [2.45, 2.75) is 44.7 Å². The number of nitrogens with two attached hydrogens (primary N) is 1. The van der Waals surface area contributed by atoms with E-state index in [1.54, 1.807) is 17.0 Å². The van der Waals surface area contributed by atoms with Crippen LogP contribution in [-0.4, -0.2) is 36.1 Å². The number of carbonyl (C=O) groups is 1. The summed E-state index contributed by atoms with van der Waals surface area (Å²) in [5, 5.41) is 9.89. The number of phenols is 1. The lowest BCUT2D eigenvalue weighted by molar-refractivity contribution is -0.137. The number of phenolic OH excluding ortho intramolecular Hbond substituents is 1. The molecule has 0 aromatic heterocycles. The molecule has 0 aliphatic heterocycles. The third-order valence-corrected chi connectivity index (χ3v) is 5.80. The minimum absolute atomic E-state index is 0.0944. The molecule has 0 heterocycles. The van der Waals surface area contributed by atoms with Crippen molar-refractivity contribution in [2.24, 2.45) is 23.5 Å². The predicted octanol–water partition coefficient (Wildman–Crippen LogP) is 2.51. The number of amides is 1. The van der Waals surface area contributed by atoms with Gasteiger partial charge in [0.1, 0.15) is 0 Å². The third kappa shape index (κ3) is 3.36. The second-order valence-electron chi connectivity index (χ2n) is 7.40. The van der Waals surface area contributed by atoms with E-state index in [1.807, 2.05) is 13.1 Å². The molecule has 2 atom stereocenters. The number of rotatable bonds is 4. The quantitative estimate of drug-likeness (QED) is 0.888. The van der Waals surface area contributed by atoms with Gasteiger partial charge in [-0.25, -0.2) is 0 Å². The molecule has 1 aromatic rings. The van der Waals surface area contributed by atoms with Crippen LogP contribution in [0.4, 0.5) is 0 Å². The normalized spacial score (nSPS) is 29.1. The standard InChI is InChI=1S/C19H28N2O3/c1-21(11-12-6-7-17(24-2)16(22)8-12)19(23)15-9-13-4-3-5-14(10-15)18(13)20/h6-8,13-15,18,22H,3-5,9-11,20H2,1-2H3. The Labute approximate surface area is 143 Å². The predicted molar refractivity (Wildman–Crippen MR) is 92.7 cm³/mol. The van der Waals surface area contributed by atoms with Crippen LogP contribution in [0.3, 0.4) is 0 Å². The summed E-state index contributed by atoms with van der Waals surface area (Å²) in [7, 11) is 3.36. The summed E-state index contributed by atoms with van der Waals surface area (Å²) in [4.78, 5) is 14.6. The molecule has 24 heavy (non-hydrogen) atoms. The first-order valence-electron chi connectivity index (χ1n) is 8.86. The highest BCUT2D eigenvalue weighted by molar-refractivity contribution is 5.78. The number of hydrogen-bond acceptors (Lipinski definition) is 4. The molecule has 132 valence electrons. The Balaban J connectivity index is 1.63. The van der Waals surface area contributed by atoms with Crippen molar-refractivity contribution in [1.29, 1.82) is 0 Å². The van der Waals surface area contributed by atoms with Crippen LogP contribution in [0.5, 0.6) is 11.5 Å². The summed E-state index contributed by atoms with van der Waals surface area (Å²) in [6, 6.07) is 5.56. The van der Waals surface area contributed by atoms with Crippen LogP contribution < -0.4 is 10.5 Å². The fourth-order valence-electron chi connectivity index (χ4n) is 4.49. The van der Waals surface area contributed by atoms with Gasteiger partial charge in [-0.05, 0) is 55.2 Å². The van der Waals surface area contributed by atoms with Gasteiger partial charge in [-0.2, -0.15) is 0 Å². The Bertz CT molecular complexity index is 590. The fourth-order valence-corrected chi connectivity index (χ4v) is 4.49. The molecule has 2 fully saturated rings. The van der Waals surface area contributed by atoms with Gasteiger partial charge in [-0.15, -0.1) is 0 Å². The molecule has 5 heteroatoms. The Hall–Kier alpha value is -1.75. The van der Waals surface area contributed by atoms with E-state index < -0.39 is 0 Å². The van der Waals surface area contributed by atoms with E-state index in [-0.39, 0.29) is 23.6 Å². The maximum atomic E-state index is 12.8. The summed E-state index contributed by atoms with van der Waals surface area (Å²) >= 11 is 0. The smallest absolute Gasteiger partial charge is 0.225 e. The van der Waals surface area contributed by atoms with E-state index in [1.165, 1.54) is 13.5 Å². The largest absolute Gasteiger partial charge is 0.504 e. The number of aromatic hydroxyl groups is 1. The molecule has 2 aliphatic carbocycles. The summed E-state index contributed by atoms with van der Waals surface area (Å²) < 4.78 is 5.06. The maximum Gasteiger partial charge on any atom is 0.225 e. The van der Waals surface area contributed by atoms with Gasteiger partial charge in [-0.1, -0.05) is 12.5 Å². The first kappa shape index (κ1) is 17.1. The SMILES string of the molecule is COc1ccc(CN(C)C(=O)C2CC3CCCC(C2)C3N)cc1O. The monoisotopic (exact) mass is 332 g/mol. The minimum atomic E-state index is 0.0944. The lowest BCUT2D eigenvalue weighted by Crippen LogP contribution is -2.49. The molecule has 2 aliphatic rings. The van der Waals surface area contributed by atoms with Crippen LogP contribution in [0.2, 0.25) is 0 Å². The van der Waals surface area contributed by atoms with Crippen LogP contribution in [0.15, 0.2) is 18.2 Å². The number of ether oxygens (including phenoxy) is 1. The highest BCUT2D eigenvalue weighted by atomic mass is 16.5. The van der Waals surface area contributed by atoms with Crippen LogP contribution >= 0.6 is 0 Å². The van der Waals surface area contributed by atoms with Crippen molar-refractivity contribution >= 4 is 5.91 Å². The van der Waals surface area contributed by atoms with Crippen LogP contribution in [-0.2, 0) is 11.3 Å². The summed E-state index contributed by atoms with van der Waals surface area (Å²) in [6.45, 7) is 0.494. The van der Waals surface area contributed by atoms with Crippen molar-refractivity contribution in [3.05, 3.63) is 23.8 Å². The fraction of sp³-hybridized carbons (Fsp3) is 0.632. The zero-order valence-electron chi connectivity index (χ0n) is 14.6. The highest BCUT2D eigenvalue weighted by Gasteiger charge is 2.41. The first-order chi connectivity index (χ1) is 11.5. The molecule has 0 spiro atoms. The molecule has 2 bridgehead atoms. The molecule has 1 aromatic carbocycles. The van der Waals surface area contributed by atoms with Crippen LogP contribution in [0, 0.1) is 17.8 Å². The van der Waals surface area contributed by atoms with Crippen molar-refractivity contribution in [3.63, 3.8) is 0 Å². The van der Waals surface area contributed by atoms with Crippen molar-refractivity contribution in [2.75, 3.05) is 14.2 Å². The van der Waals surface area contributed by atoms with Crippen molar-refractivity contribution < 1.29 is 14.6 Å². The number of nitrogens with zero attached hydrogens (tertiary/aromatic N) is 1. The van der Waals surface area contributed by atoms with E-state index in [2.05, 4.69) is 0 Å². The Kier molecular flexibility index (Phi) is 4.99. The Morgan fingerprint density at radius 3 is 2.58 bits per heavy atom. The molecule has 0 radical (unpaired) electrons. The molecule has 2 unspecified atom stereocenters. The molecular formula is C19H28N2O3. The number of fused-ring (bicyclic) bond motifs is 2. The lowest BCUT2D eigenvalue weighted by Gasteiger charge is -2.44.